The van der Waals surface area contributed by atoms with E-state index in [4.69, 9.17) is 9.72 Å². The van der Waals surface area contributed by atoms with Crippen molar-refractivity contribution in [2.24, 2.45) is 0 Å². The molecule has 0 N–H and O–H groups in total. The molecule has 0 bridgehead atoms. The zero-order valence-electron chi connectivity index (χ0n) is 18.3. The molecular formula is C30H22N2O. The number of pyridine rings is 1. The molecule has 0 atom stereocenters. The average Bonchev–Trinajstić information content (AvgIpc) is 3.28. The maximum atomic E-state index is 5.40. The number of aromatic nitrogens is 2. The normalized spacial score (nSPS) is 11.2. The van der Waals surface area contributed by atoms with Crippen LogP contribution in [0.15, 0.2) is 115 Å². The number of ether oxygens (including phenoxy) is 1. The first-order chi connectivity index (χ1) is 16.3. The minimum Gasteiger partial charge on any atom is -0.497 e. The number of fused-ring (bicyclic) bond motifs is 3. The summed E-state index contributed by atoms with van der Waals surface area (Å²) < 4.78 is 7.68. The molecule has 3 heteroatoms. The van der Waals surface area contributed by atoms with Gasteiger partial charge in [0.1, 0.15) is 11.4 Å². The zero-order chi connectivity index (χ0) is 22.2. The summed E-state index contributed by atoms with van der Waals surface area (Å²) in [7, 11) is 1.69. The molecule has 0 saturated carbocycles. The van der Waals surface area contributed by atoms with Crippen molar-refractivity contribution in [3.63, 3.8) is 0 Å². The van der Waals surface area contributed by atoms with Crippen molar-refractivity contribution in [3.05, 3.63) is 115 Å². The van der Waals surface area contributed by atoms with Gasteiger partial charge in [0, 0.05) is 5.56 Å². The molecule has 2 aromatic heterocycles. The third-order valence-electron chi connectivity index (χ3n) is 6.11. The Morgan fingerprint density at radius 2 is 1.27 bits per heavy atom. The van der Waals surface area contributed by atoms with Crippen LogP contribution in [0.5, 0.6) is 5.75 Å². The fourth-order valence-electron chi connectivity index (χ4n) is 4.54. The van der Waals surface area contributed by atoms with Crippen LogP contribution in [0.2, 0.25) is 0 Å². The first kappa shape index (κ1) is 19.3. The number of rotatable bonds is 4. The van der Waals surface area contributed by atoms with Crippen molar-refractivity contribution in [2.75, 3.05) is 7.11 Å². The van der Waals surface area contributed by atoms with Gasteiger partial charge in [-0.15, -0.1) is 0 Å². The number of benzene rings is 4. The van der Waals surface area contributed by atoms with Gasteiger partial charge in [-0.3, -0.25) is 4.40 Å². The molecule has 158 valence electrons. The van der Waals surface area contributed by atoms with Crippen LogP contribution in [-0.4, -0.2) is 16.5 Å². The predicted octanol–water partition coefficient (Wildman–Crippen LogP) is 7.50. The van der Waals surface area contributed by atoms with E-state index in [1.165, 1.54) is 5.56 Å². The fraction of sp³-hybridized carbons (Fsp3) is 0.0333. The van der Waals surface area contributed by atoms with Crippen molar-refractivity contribution < 1.29 is 4.74 Å². The second-order valence-corrected chi connectivity index (χ2v) is 8.04. The first-order valence-electron chi connectivity index (χ1n) is 11.0. The number of hydrogen-bond donors (Lipinski definition) is 0. The molecule has 0 fully saturated rings. The summed E-state index contributed by atoms with van der Waals surface area (Å²) in [6, 6.07) is 40.0. The smallest absolute Gasteiger partial charge is 0.146 e. The Hall–Kier alpha value is -4.37. The second-order valence-electron chi connectivity index (χ2n) is 8.04. The van der Waals surface area contributed by atoms with E-state index >= 15 is 0 Å². The van der Waals surface area contributed by atoms with E-state index in [-0.39, 0.29) is 0 Å². The molecule has 3 nitrogen and oxygen atoms in total. The molecule has 33 heavy (non-hydrogen) atoms. The summed E-state index contributed by atoms with van der Waals surface area (Å²) in [4.78, 5) is 5.14. The lowest BCUT2D eigenvalue weighted by Gasteiger charge is -2.17. The van der Waals surface area contributed by atoms with Gasteiger partial charge < -0.3 is 4.74 Å². The van der Waals surface area contributed by atoms with E-state index in [2.05, 4.69) is 101 Å². The highest BCUT2D eigenvalue weighted by atomic mass is 16.5. The number of hydrogen-bond acceptors (Lipinski definition) is 2. The molecule has 0 unspecified atom stereocenters. The van der Waals surface area contributed by atoms with Gasteiger partial charge >= 0.3 is 0 Å². The van der Waals surface area contributed by atoms with E-state index < -0.39 is 0 Å². The van der Waals surface area contributed by atoms with Crippen LogP contribution in [0.25, 0.3) is 50.2 Å². The molecule has 0 amide bonds. The van der Waals surface area contributed by atoms with E-state index in [0.29, 0.717) is 0 Å². The minimum absolute atomic E-state index is 0.842. The Bertz CT molecular complexity index is 1570. The van der Waals surface area contributed by atoms with E-state index in [1.54, 1.807) is 7.11 Å². The van der Waals surface area contributed by atoms with Crippen LogP contribution in [0.4, 0.5) is 0 Å². The molecule has 0 aliphatic carbocycles. The number of para-hydroxylation sites is 2. The summed E-state index contributed by atoms with van der Waals surface area (Å²) >= 11 is 0. The second kappa shape index (κ2) is 7.95. The molecule has 6 rings (SSSR count). The summed E-state index contributed by atoms with van der Waals surface area (Å²) in [5, 5.41) is 0. The molecule has 2 heterocycles. The molecular weight excluding hydrogens is 404 g/mol. The van der Waals surface area contributed by atoms with Crippen molar-refractivity contribution in [1.82, 2.24) is 9.38 Å². The topological polar surface area (TPSA) is 26.5 Å². The maximum Gasteiger partial charge on any atom is 0.146 e. The highest BCUT2D eigenvalue weighted by Crippen LogP contribution is 2.40. The summed E-state index contributed by atoms with van der Waals surface area (Å²) in [5.41, 5.74) is 9.85. The summed E-state index contributed by atoms with van der Waals surface area (Å²) in [6.07, 6.45) is 0. The largest absolute Gasteiger partial charge is 0.497 e. The number of nitrogens with zero attached hydrogens (tertiary/aromatic N) is 2. The van der Waals surface area contributed by atoms with Crippen molar-refractivity contribution >= 4 is 16.7 Å². The van der Waals surface area contributed by atoms with E-state index in [0.717, 1.165) is 50.4 Å². The Morgan fingerprint density at radius 3 is 1.97 bits per heavy atom. The molecule has 6 aromatic rings. The van der Waals surface area contributed by atoms with Gasteiger partial charge in [0.15, 0.2) is 0 Å². The first-order valence-corrected chi connectivity index (χ1v) is 11.0. The van der Waals surface area contributed by atoms with Crippen LogP contribution in [0.1, 0.15) is 0 Å². The minimum atomic E-state index is 0.842. The Kier molecular flexibility index (Phi) is 4.66. The van der Waals surface area contributed by atoms with Crippen LogP contribution >= 0.6 is 0 Å². The van der Waals surface area contributed by atoms with Crippen LogP contribution < -0.4 is 4.74 Å². The van der Waals surface area contributed by atoms with Crippen LogP contribution in [-0.2, 0) is 0 Å². The van der Waals surface area contributed by atoms with Crippen LogP contribution in [0, 0.1) is 0 Å². The lowest BCUT2D eigenvalue weighted by molar-refractivity contribution is 0.415. The van der Waals surface area contributed by atoms with Gasteiger partial charge in [-0.25, -0.2) is 4.98 Å². The van der Waals surface area contributed by atoms with Gasteiger partial charge in [0.25, 0.3) is 0 Å². The maximum absolute atomic E-state index is 5.40. The molecule has 0 aliphatic heterocycles. The lowest BCUT2D eigenvalue weighted by atomic mass is 9.93. The van der Waals surface area contributed by atoms with Crippen molar-refractivity contribution in [2.45, 2.75) is 0 Å². The van der Waals surface area contributed by atoms with E-state index in [1.807, 2.05) is 18.2 Å². The van der Waals surface area contributed by atoms with Gasteiger partial charge in [-0.1, -0.05) is 72.8 Å². The fourth-order valence-corrected chi connectivity index (χ4v) is 4.54. The Labute approximate surface area is 192 Å². The third-order valence-corrected chi connectivity index (χ3v) is 6.11. The molecule has 0 spiro atoms. The third kappa shape index (κ3) is 3.26. The standard InChI is InChI=1S/C30H22N2O/c1-33-24-18-16-22(17-19-24)28-20-25(21-10-4-2-5-11-21)29(23-12-6-3-7-13-23)30-31-26-14-8-9-15-27(26)32(28)30/h2-20H,1H3. The summed E-state index contributed by atoms with van der Waals surface area (Å²) in [6.45, 7) is 0. The number of imidazole rings is 1. The van der Waals surface area contributed by atoms with E-state index in [9.17, 15) is 0 Å². The zero-order valence-corrected chi connectivity index (χ0v) is 18.3. The predicted molar refractivity (Wildman–Crippen MR) is 136 cm³/mol. The summed E-state index contributed by atoms with van der Waals surface area (Å²) in [5.74, 6) is 0.842. The highest BCUT2D eigenvalue weighted by Gasteiger charge is 2.20. The SMILES string of the molecule is COc1ccc(-c2cc(-c3ccccc3)c(-c3ccccc3)c3nc4ccccc4n23)cc1. The molecule has 4 aromatic carbocycles. The highest BCUT2D eigenvalue weighted by molar-refractivity contribution is 5.98. The Balaban J connectivity index is 1.78. The molecule has 0 radical (unpaired) electrons. The van der Waals surface area contributed by atoms with Gasteiger partial charge in [-0.05, 0) is 64.7 Å². The molecule has 0 saturated heterocycles. The van der Waals surface area contributed by atoms with Gasteiger partial charge in [-0.2, -0.15) is 0 Å². The Morgan fingerprint density at radius 1 is 0.636 bits per heavy atom. The lowest BCUT2D eigenvalue weighted by Crippen LogP contribution is -1.98. The van der Waals surface area contributed by atoms with Gasteiger partial charge in [0.05, 0.1) is 23.8 Å². The average molecular weight is 427 g/mol. The number of methoxy groups -OCH3 is 1. The monoisotopic (exact) mass is 426 g/mol. The van der Waals surface area contributed by atoms with Crippen molar-refractivity contribution in [3.8, 4) is 39.3 Å². The van der Waals surface area contributed by atoms with Crippen LogP contribution in [0.3, 0.4) is 0 Å². The van der Waals surface area contributed by atoms with Crippen molar-refractivity contribution in [1.29, 1.82) is 0 Å². The van der Waals surface area contributed by atoms with Gasteiger partial charge in [0.2, 0.25) is 0 Å². The molecule has 0 aliphatic rings. The quantitative estimate of drug-likeness (QED) is 0.292.